The highest BCUT2D eigenvalue weighted by Gasteiger charge is 2.26. The Labute approximate surface area is 113 Å². The molecule has 5 nitrogen and oxygen atoms in total. The Bertz CT molecular complexity index is 462. The smallest absolute Gasteiger partial charge is 0.251 e. The second-order valence-electron chi connectivity index (χ2n) is 4.80. The minimum Gasteiger partial charge on any atom is -0.495 e. The Kier molecular flexibility index (Phi) is 4.27. The van der Waals surface area contributed by atoms with E-state index in [2.05, 4.69) is 5.32 Å². The SMILES string of the molecule is COc1cc(C(=O)N[C@@H]2CC[C@@H](OC)C2)ccc1N. The summed E-state index contributed by atoms with van der Waals surface area (Å²) in [5, 5.41) is 3.01. The van der Waals surface area contributed by atoms with Crippen LogP contribution in [0.1, 0.15) is 29.6 Å². The first-order valence-corrected chi connectivity index (χ1v) is 6.41. The summed E-state index contributed by atoms with van der Waals surface area (Å²) in [7, 11) is 3.24. The normalized spacial score (nSPS) is 22.2. The monoisotopic (exact) mass is 264 g/mol. The van der Waals surface area contributed by atoms with Gasteiger partial charge < -0.3 is 20.5 Å². The quantitative estimate of drug-likeness (QED) is 0.810. The highest BCUT2D eigenvalue weighted by molar-refractivity contribution is 5.95. The molecule has 19 heavy (non-hydrogen) atoms. The van der Waals surface area contributed by atoms with Crippen molar-refractivity contribution in [1.82, 2.24) is 5.32 Å². The maximum atomic E-state index is 12.1. The summed E-state index contributed by atoms with van der Waals surface area (Å²) < 4.78 is 10.4. The van der Waals surface area contributed by atoms with Crippen molar-refractivity contribution in [1.29, 1.82) is 0 Å². The van der Waals surface area contributed by atoms with Gasteiger partial charge >= 0.3 is 0 Å². The van der Waals surface area contributed by atoms with E-state index in [4.69, 9.17) is 15.2 Å². The van der Waals surface area contributed by atoms with Crippen LogP contribution in [0.5, 0.6) is 5.75 Å². The van der Waals surface area contributed by atoms with Crippen LogP contribution in [0.3, 0.4) is 0 Å². The van der Waals surface area contributed by atoms with Gasteiger partial charge in [0.25, 0.3) is 5.91 Å². The van der Waals surface area contributed by atoms with Crippen LogP contribution < -0.4 is 15.8 Å². The van der Waals surface area contributed by atoms with Crippen LogP contribution in [0, 0.1) is 0 Å². The third kappa shape index (κ3) is 3.17. The molecule has 1 fully saturated rings. The number of methoxy groups -OCH3 is 2. The highest BCUT2D eigenvalue weighted by atomic mass is 16.5. The van der Waals surface area contributed by atoms with E-state index in [1.165, 1.54) is 7.11 Å². The fraction of sp³-hybridized carbons (Fsp3) is 0.500. The summed E-state index contributed by atoms with van der Waals surface area (Å²) in [5.74, 6) is 0.425. The fourth-order valence-corrected chi connectivity index (χ4v) is 2.41. The zero-order valence-electron chi connectivity index (χ0n) is 11.3. The van der Waals surface area contributed by atoms with Gasteiger partial charge in [0.05, 0.1) is 18.9 Å². The fourth-order valence-electron chi connectivity index (χ4n) is 2.41. The second kappa shape index (κ2) is 5.93. The molecule has 0 radical (unpaired) electrons. The Morgan fingerprint density at radius 1 is 1.37 bits per heavy atom. The molecule has 104 valence electrons. The van der Waals surface area contributed by atoms with Crippen LogP contribution in [-0.4, -0.2) is 32.3 Å². The number of nitrogens with two attached hydrogens (primary N) is 1. The first kappa shape index (κ1) is 13.7. The number of carbonyl (C=O) groups excluding carboxylic acids is 1. The number of nitrogen functional groups attached to an aromatic ring is 1. The average molecular weight is 264 g/mol. The van der Waals surface area contributed by atoms with Crippen LogP contribution in [0.4, 0.5) is 5.69 Å². The lowest BCUT2D eigenvalue weighted by Gasteiger charge is -2.14. The number of hydrogen-bond acceptors (Lipinski definition) is 4. The minimum atomic E-state index is -0.0972. The second-order valence-corrected chi connectivity index (χ2v) is 4.80. The van der Waals surface area contributed by atoms with E-state index in [1.54, 1.807) is 25.3 Å². The summed E-state index contributed by atoms with van der Waals surface area (Å²) in [5.41, 5.74) is 6.82. The zero-order valence-corrected chi connectivity index (χ0v) is 11.3. The lowest BCUT2D eigenvalue weighted by molar-refractivity contribution is 0.0914. The van der Waals surface area contributed by atoms with Gasteiger partial charge in [-0.1, -0.05) is 0 Å². The van der Waals surface area contributed by atoms with Gasteiger partial charge in [0.15, 0.2) is 0 Å². The van der Waals surface area contributed by atoms with E-state index in [-0.39, 0.29) is 18.1 Å². The number of nitrogens with one attached hydrogen (secondary N) is 1. The molecule has 3 N–H and O–H groups in total. The molecule has 0 bridgehead atoms. The molecule has 1 aliphatic carbocycles. The summed E-state index contributed by atoms with van der Waals surface area (Å²) in [4.78, 5) is 12.1. The maximum Gasteiger partial charge on any atom is 0.251 e. The van der Waals surface area contributed by atoms with Crippen LogP contribution >= 0.6 is 0 Å². The molecule has 2 rings (SSSR count). The van der Waals surface area contributed by atoms with Crippen molar-refractivity contribution in [2.45, 2.75) is 31.4 Å². The lowest BCUT2D eigenvalue weighted by atomic mass is 10.1. The van der Waals surface area contributed by atoms with Gasteiger partial charge in [-0.15, -0.1) is 0 Å². The van der Waals surface area contributed by atoms with Crippen molar-refractivity contribution >= 4 is 11.6 Å². The highest BCUT2D eigenvalue weighted by Crippen LogP contribution is 2.24. The van der Waals surface area contributed by atoms with E-state index in [0.717, 1.165) is 19.3 Å². The van der Waals surface area contributed by atoms with Crippen molar-refractivity contribution in [2.24, 2.45) is 0 Å². The van der Waals surface area contributed by atoms with E-state index < -0.39 is 0 Å². The Balaban J connectivity index is 2.00. The Morgan fingerprint density at radius 3 is 2.79 bits per heavy atom. The van der Waals surface area contributed by atoms with Gasteiger partial charge in [-0.2, -0.15) is 0 Å². The first-order chi connectivity index (χ1) is 9.13. The van der Waals surface area contributed by atoms with Gasteiger partial charge in [0.2, 0.25) is 0 Å². The molecule has 0 aliphatic heterocycles. The summed E-state index contributed by atoms with van der Waals surface area (Å²) in [6.07, 6.45) is 3.07. The van der Waals surface area contributed by atoms with Gasteiger partial charge in [0, 0.05) is 18.7 Å². The Hall–Kier alpha value is -1.75. The van der Waals surface area contributed by atoms with Crippen LogP contribution in [-0.2, 0) is 4.74 Å². The largest absolute Gasteiger partial charge is 0.495 e. The molecule has 0 spiro atoms. The van der Waals surface area contributed by atoms with Crippen LogP contribution in [0.2, 0.25) is 0 Å². The molecule has 2 atom stereocenters. The van der Waals surface area contributed by atoms with Gasteiger partial charge in [0.1, 0.15) is 5.75 Å². The molecule has 0 unspecified atom stereocenters. The zero-order chi connectivity index (χ0) is 13.8. The van der Waals surface area contributed by atoms with Gasteiger partial charge in [-0.05, 0) is 37.5 Å². The van der Waals surface area contributed by atoms with Crippen LogP contribution in [0.15, 0.2) is 18.2 Å². The van der Waals surface area contributed by atoms with E-state index >= 15 is 0 Å². The number of benzene rings is 1. The summed E-state index contributed by atoms with van der Waals surface area (Å²) in [6, 6.07) is 5.23. The molecule has 0 aromatic heterocycles. The topological polar surface area (TPSA) is 73.6 Å². The number of amides is 1. The van der Waals surface area contributed by atoms with Crippen molar-refractivity contribution < 1.29 is 14.3 Å². The minimum absolute atomic E-state index is 0.0972. The summed E-state index contributed by atoms with van der Waals surface area (Å²) >= 11 is 0. The third-order valence-corrected chi connectivity index (χ3v) is 3.55. The van der Waals surface area contributed by atoms with Gasteiger partial charge in [-0.25, -0.2) is 0 Å². The molecule has 1 saturated carbocycles. The standard InChI is InChI=1S/C14H20N2O3/c1-18-11-5-4-10(8-11)16-14(17)9-3-6-12(15)13(7-9)19-2/h3,6-7,10-11H,4-5,8,15H2,1-2H3,(H,16,17)/t10-,11-/m1/s1. The number of anilines is 1. The Morgan fingerprint density at radius 2 is 2.16 bits per heavy atom. The van der Waals surface area contributed by atoms with E-state index in [0.29, 0.717) is 17.0 Å². The molecule has 1 amide bonds. The number of rotatable bonds is 4. The van der Waals surface area contributed by atoms with Crippen LogP contribution in [0.25, 0.3) is 0 Å². The maximum absolute atomic E-state index is 12.1. The molecule has 1 aromatic rings. The molecule has 1 aromatic carbocycles. The molecule has 5 heteroatoms. The van der Waals surface area contributed by atoms with Crippen molar-refractivity contribution in [2.75, 3.05) is 20.0 Å². The number of carbonyl (C=O) groups is 1. The third-order valence-electron chi connectivity index (χ3n) is 3.55. The number of ether oxygens (including phenoxy) is 2. The predicted molar refractivity (Wildman–Crippen MR) is 73.3 cm³/mol. The molecule has 0 saturated heterocycles. The lowest BCUT2D eigenvalue weighted by Crippen LogP contribution is -2.33. The van der Waals surface area contributed by atoms with Gasteiger partial charge in [-0.3, -0.25) is 4.79 Å². The first-order valence-electron chi connectivity index (χ1n) is 6.41. The van der Waals surface area contributed by atoms with Crippen molar-refractivity contribution in [3.63, 3.8) is 0 Å². The average Bonchev–Trinajstić information content (AvgIpc) is 2.86. The van der Waals surface area contributed by atoms with E-state index in [9.17, 15) is 4.79 Å². The molecule has 1 aliphatic rings. The summed E-state index contributed by atoms with van der Waals surface area (Å²) in [6.45, 7) is 0. The van der Waals surface area contributed by atoms with E-state index in [1.807, 2.05) is 0 Å². The molecular weight excluding hydrogens is 244 g/mol. The molecular formula is C14H20N2O3. The number of hydrogen-bond donors (Lipinski definition) is 2. The van der Waals surface area contributed by atoms with Crippen molar-refractivity contribution in [3.8, 4) is 5.75 Å². The molecule has 0 heterocycles. The predicted octanol–water partition coefficient (Wildman–Crippen LogP) is 1.57. The van der Waals surface area contributed by atoms with Crippen molar-refractivity contribution in [3.05, 3.63) is 23.8 Å².